The smallest absolute Gasteiger partial charge is 0.269 e. The van der Waals surface area contributed by atoms with Crippen molar-refractivity contribution in [3.63, 3.8) is 0 Å². The molecule has 0 aliphatic rings. The van der Waals surface area contributed by atoms with Crippen molar-refractivity contribution in [2.75, 3.05) is 25.5 Å². The molecule has 0 heterocycles. The molecule has 0 aliphatic carbocycles. The van der Waals surface area contributed by atoms with Crippen molar-refractivity contribution in [1.29, 1.82) is 0 Å². The second kappa shape index (κ2) is 9.99. The van der Waals surface area contributed by atoms with Crippen molar-refractivity contribution in [3.05, 3.63) is 68.2 Å². The molecular weight excluding hydrogens is 396 g/mol. The summed E-state index contributed by atoms with van der Waals surface area (Å²) in [7, 11) is 1.69. The summed E-state index contributed by atoms with van der Waals surface area (Å²) in [5.41, 5.74) is 3.23. The number of nitrogens with zero attached hydrogens (tertiary/aromatic N) is 2. The number of carbonyl (C=O) groups excluding carboxylic acids is 2. The van der Waals surface area contributed by atoms with E-state index in [1.807, 2.05) is 26.0 Å². The SMILES string of the molecule is Cc1cccc(NC(=O)CNC(=O)CN(C)Cc2cc([N+](=O)[O-])ccc2Cl)c1C. The lowest BCUT2D eigenvalue weighted by Crippen LogP contribution is -2.39. The number of non-ortho nitro benzene ring substituents is 1. The largest absolute Gasteiger partial charge is 0.346 e. The summed E-state index contributed by atoms with van der Waals surface area (Å²) in [5.74, 6) is -0.665. The molecule has 0 radical (unpaired) electrons. The van der Waals surface area contributed by atoms with Gasteiger partial charge in [0.1, 0.15) is 0 Å². The van der Waals surface area contributed by atoms with E-state index in [-0.39, 0.29) is 37.1 Å². The quantitative estimate of drug-likeness (QED) is 0.506. The van der Waals surface area contributed by atoms with Gasteiger partial charge in [0.2, 0.25) is 11.8 Å². The zero-order valence-electron chi connectivity index (χ0n) is 16.5. The highest BCUT2D eigenvalue weighted by atomic mass is 35.5. The number of carbonyl (C=O) groups is 2. The van der Waals surface area contributed by atoms with E-state index < -0.39 is 4.92 Å². The average molecular weight is 419 g/mol. The minimum Gasteiger partial charge on any atom is -0.346 e. The van der Waals surface area contributed by atoms with Gasteiger partial charge >= 0.3 is 0 Å². The van der Waals surface area contributed by atoms with Crippen molar-refractivity contribution < 1.29 is 14.5 Å². The number of rotatable bonds is 8. The molecule has 0 saturated heterocycles. The van der Waals surface area contributed by atoms with Crippen LogP contribution in [0, 0.1) is 24.0 Å². The third kappa shape index (κ3) is 6.55. The second-order valence-electron chi connectivity index (χ2n) is 6.78. The Morgan fingerprint density at radius 2 is 1.90 bits per heavy atom. The van der Waals surface area contributed by atoms with E-state index in [0.29, 0.717) is 16.3 Å². The third-order valence-corrected chi connectivity index (χ3v) is 4.79. The molecule has 0 aliphatic heterocycles. The average Bonchev–Trinajstić information content (AvgIpc) is 2.65. The van der Waals surface area contributed by atoms with Gasteiger partial charge in [0.05, 0.1) is 18.0 Å². The van der Waals surface area contributed by atoms with Gasteiger partial charge in [-0.2, -0.15) is 0 Å². The number of aryl methyl sites for hydroxylation is 1. The Morgan fingerprint density at radius 1 is 1.17 bits per heavy atom. The lowest BCUT2D eigenvalue weighted by Gasteiger charge is -2.17. The number of nitro benzene ring substituents is 1. The van der Waals surface area contributed by atoms with Crippen molar-refractivity contribution in [1.82, 2.24) is 10.2 Å². The monoisotopic (exact) mass is 418 g/mol. The molecule has 2 N–H and O–H groups in total. The molecule has 0 fully saturated rings. The normalized spacial score (nSPS) is 10.7. The fraction of sp³-hybridized carbons (Fsp3) is 0.300. The molecule has 0 bridgehead atoms. The molecule has 0 spiro atoms. The maximum atomic E-state index is 12.1. The predicted octanol–water partition coefficient (Wildman–Crippen LogP) is 3.05. The highest BCUT2D eigenvalue weighted by molar-refractivity contribution is 6.31. The van der Waals surface area contributed by atoms with Gasteiger partial charge in [0.25, 0.3) is 5.69 Å². The molecule has 0 saturated carbocycles. The molecular formula is C20H23ClN4O4. The Hall–Kier alpha value is -2.97. The Morgan fingerprint density at radius 3 is 2.59 bits per heavy atom. The number of likely N-dealkylation sites (N-methyl/N-ethyl adjacent to an activating group) is 1. The molecule has 0 unspecified atom stereocenters. The van der Waals surface area contributed by atoms with Crippen molar-refractivity contribution in [3.8, 4) is 0 Å². The van der Waals surface area contributed by atoms with E-state index in [4.69, 9.17) is 11.6 Å². The summed E-state index contributed by atoms with van der Waals surface area (Å²) in [6, 6.07) is 9.78. The lowest BCUT2D eigenvalue weighted by molar-refractivity contribution is -0.384. The number of halogens is 1. The predicted molar refractivity (Wildman–Crippen MR) is 112 cm³/mol. The maximum Gasteiger partial charge on any atom is 0.269 e. The number of hydrogen-bond donors (Lipinski definition) is 2. The molecule has 2 aromatic carbocycles. The van der Waals surface area contributed by atoms with E-state index in [1.54, 1.807) is 18.0 Å². The first kappa shape index (κ1) is 22.3. The van der Waals surface area contributed by atoms with Crippen LogP contribution in [0.2, 0.25) is 5.02 Å². The maximum absolute atomic E-state index is 12.1. The summed E-state index contributed by atoms with van der Waals surface area (Å²) in [6.45, 7) is 3.98. The Kier molecular flexibility index (Phi) is 7.69. The first-order valence-corrected chi connectivity index (χ1v) is 9.29. The van der Waals surface area contributed by atoms with Crippen LogP contribution in [-0.4, -0.2) is 41.8 Å². The van der Waals surface area contributed by atoms with E-state index in [9.17, 15) is 19.7 Å². The van der Waals surface area contributed by atoms with E-state index in [2.05, 4.69) is 10.6 Å². The topological polar surface area (TPSA) is 105 Å². The highest BCUT2D eigenvalue weighted by Gasteiger charge is 2.14. The van der Waals surface area contributed by atoms with Gasteiger partial charge in [0, 0.05) is 29.4 Å². The van der Waals surface area contributed by atoms with Gasteiger partial charge in [-0.05, 0) is 49.7 Å². The van der Waals surface area contributed by atoms with E-state index >= 15 is 0 Å². The number of nitrogens with one attached hydrogen (secondary N) is 2. The molecule has 2 aromatic rings. The molecule has 2 amide bonds. The van der Waals surface area contributed by atoms with Gasteiger partial charge in [0.15, 0.2) is 0 Å². The van der Waals surface area contributed by atoms with Gasteiger partial charge in [-0.1, -0.05) is 23.7 Å². The first-order valence-electron chi connectivity index (χ1n) is 8.91. The van der Waals surface area contributed by atoms with Crippen LogP contribution in [-0.2, 0) is 16.1 Å². The fourth-order valence-electron chi connectivity index (χ4n) is 2.70. The van der Waals surface area contributed by atoms with E-state index in [1.165, 1.54) is 18.2 Å². The summed E-state index contributed by atoms with van der Waals surface area (Å²) < 4.78 is 0. The summed E-state index contributed by atoms with van der Waals surface area (Å²) in [6.07, 6.45) is 0. The van der Waals surface area contributed by atoms with Crippen LogP contribution < -0.4 is 10.6 Å². The standard InChI is InChI=1S/C20H23ClN4O4/c1-13-5-4-6-18(14(13)2)23-19(26)10-22-20(27)12-24(3)11-15-9-16(25(28)29)7-8-17(15)21/h4-9H,10-12H2,1-3H3,(H,22,27)(H,23,26). The van der Waals surface area contributed by atoms with E-state index in [0.717, 1.165) is 11.1 Å². The van der Waals surface area contributed by atoms with Crippen LogP contribution in [0.3, 0.4) is 0 Å². The molecule has 9 heteroatoms. The minimum atomic E-state index is -0.499. The summed E-state index contributed by atoms with van der Waals surface area (Å²) >= 11 is 6.08. The molecule has 154 valence electrons. The summed E-state index contributed by atoms with van der Waals surface area (Å²) in [5, 5.41) is 16.6. The third-order valence-electron chi connectivity index (χ3n) is 4.42. The van der Waals surface area contributed by atoms with Crippen LogP contribution in [0.4, 0.5) is 11.4 Å². The zero-order chi connectivity index (χ0) is 21.6. The molecule has 0 atom stereocenters. The second-order valence-corrected chi connectivity index (χ2v) is 7.18. The minimum absolute atomic E-state index is 0.00970. The number of anilines is 1. The van der Waals surface area contributed by atoms with Gasteiger partial charge in [-0.15, -0.1) is 0 Å². The van der Waals surface area contributed by atoms with Crippen molar-refractivity contribution in [2.45, 2.75) is 20.4 Å². The highest BCUT2D eigenvalue weighted by Crippen LogP contribution is 2.23. The zero-order valence-corrected chi connectivity index (χ0v) is 17.2. The van der Waals surface area contributed by atoms with Crippen LogP contribution in [0.1, 0.15) is 16.7 Å². The fourth-order valence-corrected chi connectivity index (χ4v) is 2.88. The van der Waals surface area contributed by atoms with Crippen molar-refractivity contribution in [2.24, 2.45) is 0 Å². The number of benzene rings is 2. The molecule has 8 nitrogen and oxygen atoms in total. The summed E-state index contributed by atoms with van der Waals surface area (Å²) in [4.78, 5) is 36.2. The van der Waals surface area contributed by atoms with Crippen LogP contribution in [0.5, 0.6) is 0 Å². The van der Waals surface area contributed by atoms with Crippen LogP contribution in [0.15, 0.2) is 36.4 Å². The number of amides is 2. The Labute approximate surface area is 174 Å². The molecule has 29 heavy (non-hydrogen) atoms. The van der Waals surface area contributed by atoms with Gasteiger partial charge < -0.3 is 10.6 Å². The van der Waals surface area contributed by atoms with Crippen molar-refractivity contribution >= 4 is 34.8 Å². The van der Waals surface area contributed by atoms with Crippen LogP contribution >= 0.6 is 11.6 Å². The molecule has 0 aromatic heterocycles. The van der Waals surface area contributed by atoms with Crippen LogP contribution in [0.25, 0.3) is 0 Å². The Bertz CT molecular complexity index is 933. The van der Waals surface area contributed by atoms with Gasteiger partial charge in [-0.3, -0.25) is 24.6 Å². The molecule has 2 rings (SSSR count). The number of hydrogen-bond acceptors (Lipinski definition) is 5. The lowest BCUT2D eigenvalue weighted by atomic mass is 10.1. The van der Waals surface area contributed by atoms with Gasteiger partial charge in [-0.25, -0.2) is 0 Å². The number of nitro groups is 1. The Balaban J connectivity index is 1.84. The first-order chi connectivity index (χ1) is 13.7.